The molecule has 1 aromatic heterocycles. The summed E-state index contributed by atoms with van der Waals surface area (Å²) in [5, 5.41) is 3.64. The molecule has 1 fully saturated rings. The van der Waals surface area contributed by atoms with Crippen LogP contribution in [0.4, 0.5) is 5.82 Å². The van der Waals surface area contributed by atoms with Gasteiger partial charge in [0.25, 0.3) is 0 Å². The zero-order valence-electron chi connectivity index (χ0n) is 8.28. The minimum Gasteiger partial charge on any atom is -0.376 e. The summed E-state index contributed by atoms with van der Waals surface area (Å²) >= 11 is 5.76. The first-order chi connectivity index (χ1) is 7.34. The maximum absolute atomic E-state index is 5.76. The summed E-state index contributed by atoms with van der Waals surface area (Å²) in [6, 6.07) is 5.47. The number of rotatable bonds is 3. The quantitative estimate of drug-likeness (QED) is 0.798. The highest BCUT2D eigenvalue weighted by molar-refractivity contribution is 6.29. The first-order valence-corrected chi connectivity index (χ1v) is 5.28. The van der Waals surface area contributed by atoms with E-state index < -0.39 is 0 Å². The molecule has 4 nitrogen and oxygen atoms in total. The Balaban J connectivity index is 1.81. The van der Waals surface area contributed by atoms with Crippen LogP contribution in [0, 0.1) is 0 Å². The lowest BCUT2D eigenvalue weighted by Crippen LogP contribution is -2.34. The Morgan fingerprint density at radius 2 is 2.40 bits per heavy atom. The lowest BCUT2D eigenvalue weighted by molar-refractivity contribution is -0.0819. The lowest BCUT2D eigenvalue weighted by Gasteiger charge is -2.23. The van der Waals surface area contributed by atoms with E-state index in [1.807, 2.05) is 12.1 Å². The molecule has 1 saturated heterocycles. The summed E-state index contributed by atoms with van der Waals surface area (Å²) < 4.78 is 10.8. The molecule has 1 N–H and O–H groups in total. The van der Waals surface area contributed by atoms with Crippen molar-refractivity contribution in [3.8, 4) is 0 Å². The van der Waals surface area contributed by atoms with Crippen LogP contribution in [-0.4, -0.2) is 37.5 Å². The minimum atomic E-state index is 0.0968. The zero-order chi connectivity index (χ0) is 10.5. The van der Waals surface area contributed by atoms with E-state index in [9.17, 15) is 0 Å². The molecular weight excluding hydrogens is 216 g/mol. The van der Waals surface area contributed by atoms with Crippen LogP contribution in [0.3, 0.4) is 0 Å². The van der Waals surface area contributed by atoms with Crippen molar-refractivity contribution < 1.29 is 9.47 Å². The van der Waals surface area contributed by atoms with Gasteiger partial charge in [-0.2, -0.15) is 0 Å². The molecule has 1 aliphatic heterocycles. The number of pyridine rings is 1. The first-order valence-electron chi connectivity index (χ1n) is 4.90. The van der Waals surface area contributed by atoms with E-state index in [-0.39, 0.29) is 6.10 Å². The van der Waals surface area contributed by atoms with E-state index in [1.165, 1.54) is 0 Å². The fourth-order valence-electron chi connectivity index (χ4n) is 1.38. The number of nitrogens with one attached hydrogen (secondary N) is 1. The zero-order valence-corrected chi connectivity index (χ0v) is 9.04. The molecule has 1 unspecified atom stereocenters. The van der Waals surface area contributed by atoms with Gasteiger partial charge in [-0.15, -0.1) is 0 Å². The van der Waals surface area contributed by atoms with Gasteiger partial charge in [0.05, 0.1) is 25.9 Å². The Hall–Kier alpha value is -0.840. The molecule has 0 radical (unpaired) electrons. The molecule has 0 amide bonds. The summed E-state index contributed by atoms with van der Waals surface area (Å²) in [5.41, 5.74) is 0. The highest BCUT2D eigenvalue weighted by Crippen LogP contribution is 2.10. The fourth-order valence-corrected chi connectivity index (χ4v) is 1.54. The third-order valence-corrected chi connectivity index (χ3v) is 2.32. The molecule has 2 rings (SSSR count). The smallest absolute Gasteiger partial charge is 0.131 e. The van der Waals surface area contributed by atoms with Crippen molar-refractivity contribution in [1.29, 1.82) is 0 Å². The highest BCUT2D eigenvalue weighted by atomic mass is 35.5. The average molecular weight is 229 g/mol. The van der Waals surface area contributed by atoms with Gasteiger partial charge in [0, 0.05) is 6.54 Å². The van der Waals surface area contributed by atoms with Crippen LogP contribution in [0.5, 0.6) is 0 Å². The van der Waals surface area contributed by atoms with Crippen LogP contribution in [0.1, 0.15) is 0 Å². The van der Waals surface area contributed by atoms with Crippen LogP contribution >= 0.6 is 11.6 Å². The van der Waals surface area contributed by atoms with Crippen LogP contribution in [0.25, 0.3) is 0 Å². The van der Waals surface area contributed by atoms with E-state index in [4.69, 9.17) is 21.1 Å². The van der Waals surface area contributed by atoms with Crippen molar-refractivity contribution >= 4 is 17.4 Å². The molecule has 15 heavy (non-hydrogen) atoms. The maximum Gasteiger partial charge on any atom is 0.131 e. The van der Waals surface area contributed by atoms with Crippen molar-refractivity contribution in [2.45, 2.75) is 6.10 Å². The van der Waals surface area contributed by atoms with Gasteiger partial charge in [-0.3, -0.25) is 0 Å². The number of hydrogen-bond acceptors (Lipinski definition) is 4. The molecular formula is C10H13ClN2O2. The average Bonchev–Trinajstić information content (AvgIpc) is 2.28. The van der Waals surface area contributed by atoms with E-state index in [1.54, 1.807) is 6.07 Å². The second-order valence-electron chi connectivity index (χ2n) is 3.29. The maximum atomic E-state index is 5.76. The van der Waals surface area contributed by atoms with Crippen LogP contribution in [0.15, 0.2) is 18.2 Å². The number of ether oxygens (including phenoxy) is 2. The van der Waals surface area contributed by atoms with E-state index >= 15 is 0 Å². The van der Waals surface area contributed by atoms with Crippen molar-refractivity contribution in [1.82, 2.24) is 4.98 Å². The second-order valence-corrected chi connectivity index (χ2v) is 3.68. The SMILES string of the molecule is Clc1cccc(NCC2COCCO2)n1. The molecule has 0 bridgehead atoms. The number of aromatic nitrogens is 1. The number of halogens is 1. The summed E-state index contributed by atoms with van der Waals surface area (Å²) in [6.45, 7) is 2.67. The second kappa shape index (κ2) is 5.30. The molecule has 0 spiro atoms. The fraction of sp³-hybridized carbons (Fsp3) is 0.500. The molecule has 1 aromatic rings. The van der Waals surface area contributed by atoms with Crippen molar-refractivity contribution in [3.63, 3.8) is 0 Å². The molecule has 5 heteroatoms. The van der Waals surface area contributed by atoms with Gasteiger partial charge in [-0.05, 0) is 12.1 Å². The van der Waals surface area contributed by atoms with Crippen LogP contribution < -0.4 is 5.32 Å². The third-order valence-electron chi connectivity index (χ3n) is 2.11. The normalized spacial score (nSPS) is 21.3. The predicted molar refractivity (Wildman–Crippen MR) is 58.3 cm³/mol. The van der Waals surface area contributed by atoms with Gasteiger partial charge in [-0.1, -0.05) is 17.7 Å². The number of hydrogen-bond donors (Lipinski definition) is 1. The Labute approximate surface area is 93.6 Å². The minimum absolute atomic E-state index is 0.0968. The standard InChI is InChI=1S/C10H13ClN2O2/c11-9-2-1-3-10(13-9)12-6-8-7-14-4-5-15-8/h1-3,8H,4-7H2,(H,12,13). The van der Waals surface area contributed by atoms with Crippen LogP contribution in [0.2, 0.25) is 5.15 Å². The van der Waals surface area contributed by atoms with E-state index in [0.29, 0.717) is 31.5 Å². The van der Waals surface area contributed by atoms with Gasteiger partial charge in [0.2, 0.25) is 0 Å². The van der Waals surface area contributed by atoms with Crippen molar-refractivity contribution in [3.05, 3.63) is 23.4 Å². The summed E-state index contributed by atoms with van der Waals surface area (Å²) in [5.74, 6) is 0.761. The van der Waals surface area contributed by atoms with Gasteiger partial charge in [0.15, 0.2) is 0 Å². The Morgan fingerprint density at radius 3 is 3.13 bits per heavy atom. The van der Waals surface area contributed by atoms with Crippen LogP contribution in [-0.2, 0) is 9.47 Å². The summed E-state index contributed by atoms with van der Waals surface area (Å²) in [7, 11) is 0. The van der Waals surface area contributed by atoms with E-state index in [0.717, 1.165) is 5.82 Å². The topological polar surface area (TPSA) is 43.4 Å². The summed E-state index contributed by atoms with van der Waals surface area (Å²) in [6.07, 6.45) is 0.0968. The van der Waals surface area contributed by atoms with Gasteiger partial charge in [0.1, 0.15) is 11.0 Å². The van der Waals surface area contributed by atoms with Gasteiger partial charge in [-0.25, -0.2) is 4.98 Å². The predicted octanol–water partition coefficient (Wildman–Crippen LogP) is 1.56. The Morgan fingerprint density at radius 1 is 1.47 bits per heavy atom. The van der Waals surface area contributed by atoms with Crippen molar-refractivity contribution in [2.24, 2.45) is 0 Å². The Kier molecular flexibility index (Phi) is 3.77. The number of nitrogens with zero attached hydrogens (tertiary/aromatic N) is 1. The molecule has 1 atom stereocenters. The summed E-state index contributed by atoms with van der Waals surface area (Å²) in [4.78, 5) is 4.12. The largest absolute Gasteiger partial charge is 0.376 e. The molecule has 82 valence electrons. The van der Waals surface area contributed by atoms with E-state index in [2.05, 4.69) is 10.3 Å². The molecule has 0 aliphatic carbocycles. The monoisotopic (exact) mass is 228 g/mol. The van der Waals surface area contributed by atoms with Gasteiger partial charge < -0.3 is 14.8 Å². The highest BCUT2D eigenvalue weighted by Gasteiger charge is 2.13. The molecule has 1 aliphatic rings. The first kappa shape index (κ1) is 10.7. The lowest BCUT2D eigenvalue weighted by atomic mass is 10.3. The molecule has 0 aromatic carbocycles. The molecule has 2 heterocycles. The third kappa shape index (κ3) is 3.34. The molecule has 0 saturated carbocycles. The number of anilines is 1. The Bertz CT molecular complexity index is 316. The van der Waals surface area contributed by atoms with Crippen molar-refractivity contribution in [2.75, 3.05) is 31.7 Å². The van der Waals surface area contributed by atoms with Gasteiger partial charge >= 0.3 is 0 Å².